The largest absolute Gasteiger partial charge is 0.385 e. The van der Waals surface area contributed by atoms with Gasteiger partial charge in [-0.1, -0.05) is 0 Å². The van der Waals surface area contributed by atoms with Gasteiger partial charge in [-0.05, 0) is 63.2 Å². The molecule has 0 unspecified atom stereocenters. The van der Waals surface area contributed by atoms with Crippen LogP contribution in [0, 0.1) is 5.92 Å². The van der Waals surface area contributed by atoms with Gasteiger partial charge in [0.2, 0.25) is 10.0 Å². The Labute approximate surface area is 114 Å². The average molecular weight is 283 g/mol. The minimum absolute atomic E-state index is 0.150. The Balaban J connectivity index is 1.87. The van der Waals surface area contributed by atoms with E-state index >= 15 is 0 Å². The molecule has 106 valence electrons. The van der Waals surface area contributed by atoms with Crippen LogP contribution in [0.3, 0.4) is 0 Å². The number of nitrogens with two attached hydrogens (primary N) is 1. The van der Waals surface area contributed by atoms with Crippen LogP contribution in [0.1, 0.15) is 12.8 Å². The van der Waals surface area contributed by atoms with E-state index in [4.69, 9.17) is 5.14 Å². The molecule has 1 saturated heterocycles. The van der Waals surface area contributed by atoms with E-state index < -0.39 is 10.0 Å². The quantitative estimate of drug-likeness (QED) is 0.867. The monoisotopic (exact) mass is 283 g/mol. The van der Waals surface area contributed by atoms with Crippen molar-refractivity contribution >= 4 is 15.7 Å². The first-order valence-electron chi connectivity index (χ1n) is 6.50. The number of hydrogen-bond acceptors (Lipinski definition) is 4. The lowest BCUT2D eigenvalue weighted by Crippen LogP contribution is -2.32. The van der Waals surface area contributed by atoms with Gasteiger partial charge >= 0.3 is 0 Å². The standard InChI is InChI=1S/C13H21N3O2S/c1-16-8-6-11(7-9-16)10-15-12-2-4-13(5-3-12)19(14,17)18/h2-5,11,15H,6-10H2,1H3,(H2,14,17,18). The molecular formula is C13H21N3O2S. The van der Waals surface area contributed by atoms with Gasteiger partial charge in [-0.15, -0.1) is 0 Å². The molecule has 0 aliphatic carbocycles. The molecule has 3 N–H and O–H groups in total. The molecule has 0 aromatic heterocycles. The van der Waals surface area contributed by atoms with Crippen molar-refractivity contribution in [2.24, 2.45) is 11.1 Å². The zero-order valence-corrected chi connectivity index (χ0v) is 12.0. The van der Waals surface area contributed by atoms with Crippen molar-refractivity contribution in [2.75, 3.05) is 32.0 Å². The molecule has 1 aliphatic heterocycles. The summed E-state index contributed by atoms with van der Waals surface area (Å²) in [4.78, 5) is 2.49. The Kier molecular flexibility index (Phi) is 4.44. The topological polar surface area (TPSA) is 75.4 Å². The van der Waals surface area contributed by atoms with Crippen LogP contribution in [0.25, 0.3) is 0 Å². The number of primary sulfonamides is 1. The number of sulfonamides is 1. The summed E-state index contributed by atoms with van der Waals surface area (Å²) in [5.74, 6) is 0.689. The third-order valence-corrected chi connectivity index (χ3v) is 4.55. The van der Waals surface area contributed by atoms with E-state index in [9.17, 15) is 8.42 Å². The Bertz CT molecular complexity index is 505. The first-order chi connectivity index (χ1) is 8.95. The fourth-order valence-electron chi connectivity index (χ4n) is 2.29. The van der Waals surface area contributed by atoms with E-state index in [-0.39, 0.29) is 4.90 Å². The molecule has 0 radical (unpaired) electrons. The fraction of sp³-hybridized carbons (Fsp3) is 0.538. The highest BCUT2D eigenvalue weighted by Crippen LogP contribution is 2.18. The normalized spacial score (nSPS) is 18.4. The van der Waals surface area contributed by atoms with Crippen molar-refractivity contribution in [1.82, 2.24) is 4.90 Å². The summed E-state index contributed by atoms with van der Waals surface area (Å²) < 4.78 is 22.3. The first-order valence-corrected chi connectivity index (χ1v) is 8.05. The van der Waals surface area contributed by atoms with E-state index in [1.54, 1.807) is 12.1 Å². The summed E-state index contributed by atoms with van der Waals surface area (Å²) in [7, 11) is -1.45. The summed E-state index contributed by atoms with van der Waals surface area (Å²) in [5.41, 5.74) is 0.936. The van der Waals surface area contributed by atoms with Crippen LogP contribution in [-0.4, -0.2) is 40.0 Å². The van der Waals surface area contributed by atoms with Gasteiger partial charge in [-0.2, -0.15) is 0 Å². The molecule has 1 fully saturated rings. The summed E-state index contributed by atoms with van der Waals surface area (Å²) in [6.45, 7) is 3.23. The highest BCUT2D eigenvalue weighted by atomic mass is 32.2. The molecule has 0 atom stereocenters. The number of anilines is 1. The van der Waals surface area contributed by atoms with Gasteiger partial charge in [0.25, 0.3) is 0 Å². The second kappa shape index (κ2) is 5.90. The maximum Gasteiger partial charge on any atom is 0.238 e. The minimum Gasteiger partial charge on any atom is -0.385 e. The van der Waals surface area contributed by atoms with Gasteiger partial charge in [0.05, 0.1) is 4.90 Å². The Morgan fingerprint density at radius 3 is 2.37 bits per heavy atom. The van der Waals surface area contributed by atoms with Gasteiger partial charge in [0, 0.05) is 12.2 Å². The highest BCUT2D eigenvalue weighted by molar-refractivity contribution is 7.89. The van der Waals surface area contributed by atoms with Gasteiger partial charge in [0.1, 0.15) is 0 Å². The van der Waals surface area contributed by atoms with Crippen LogP contribution < -0.4 is 10.5 Å². The number of benzene rings is 1. The molecule has 0 amide bonds. The fourth-order valence-corrected chi connectivity index (χ4v) is 2.81. The number of nitrogens with zero attached hydrogens (tertiary/aromatic N) is 1. The molecule has 2 rings (SSSR count). The van der Waals surface area contributed by atoms with Gasteiger partial charge in [0.15, 0.2) is 0 Å². The molecule has 1 aromatic carbocycles. The summed E-state index contributed by atoms with van der Waals surface area (Å²) in [6, 6.07) is 6.59. The van der Waals surface area contributed by atoms with E-state index in [2.05, 4.69) is 17.3 Å². The first kappa shape index (κ1) is 14.3. The minimum atomic E-state index is -3.59. The average Bonchev–Trinajstić information content (AvgIpc) is 2.37. The lowest BCUT2D eigenvalue weighted by Gasteiger charge is -2.29. The van der Waals surface area contributed by atoms with E-state index in [1.807, 2.05) is 0 Å². The SMILES string of the molecule is CN1CCC(CNc2ccc(S(N)(=O)=O)cc2)CC1. The molecule has 1 heterocycles. The van der Waals surface area contributed by atoms with Crippen molar-refractivity contribution in [3.63, 3.8) is 0 Å². The van der Waals surface area contributed by atoms with Crippen molar-refractivity contribution in [1.29, 1.82) is 0 Å². The molecule has 0 saturated carbocycles. The van der Waals surface area contributed by atoms with Crippen molar-refractivity contribution in [3.8, 4) is 0 Å². The number of likely N-dealkylation sites (tertiary alicyclic amines) is 1. The van der Waals surface area contributed by atoms with E-state index in [1.165, 1.54) is 25.0 Å². The van der Waals surface area contributed by atoms with Crippen LogP contribution in [0.5, 0.6) is 0 Å². The maximum atomic E-state index is 11.1. The van der Waals surface area contributed by atoms with Crippen LogP contribution in [-0.2, 0) is 10.0 Å². The molecule has 1 aromatic rings. The maximum absolute atomic E-state index is 11.1. The van der Waals surface area contributed by atoms with Crippen LogP contribution in [0.4, 0.5) is 5.69 Å². The van der Waals surface area contributed by atoms with Crippen LogP contribution >= 0.6 is 0 Å². The zero-order chi connectivity index (χ0) is 13.9. The van der Waals surface area contributed by atoms with Crippen molar-refractivity contribution in [2.45, 2.75) is 17.7 Å². The lowest BCUT2D eigenvalue weighted by atomic mass is 9.97. The predicted molar refractivity (Wildman–Crippen MR) is 76.5 cm³/mol. The third kappa shape index (κ3) is 4.19. The van der Waals surface area contributed by atoms with Gasteiger partial charge in [-0.25, -0.2) is 13.6 Å². The number of rotatable bonds is 4. The van der Waals surface area contributed by atoms with Crippen LogP contribution in [0.15, 0.2) is 29.2 Å². The number of hydrogen-bond donors (Lipinski definition) is 2. The number of piperidine rings is 1. The second-order valence-corrected chi connectivity index (χ2v) is 6.76. The molecule has 5 nitrogen and oxygen atoms in total. The zero-order valence-electron chi connectivity index (χ0n) is 11.2. The Morgan fingerprint density at radius 1 is 1.26 bits per heavy atom. The molecular weight excluding hydrogens is 262 g/mol. The lowest BCUT2D eigenvalue weighted by molar-refractivity contribution is 0.226. The molecule has 6 heteroatoms. The van der Waals surface area contributed by atoms with Crippen LogP contribution in [0.2, 0.25) is 0 Å². The highest BCUT2D eigenvalue weighted by Gasteiger charge is 2.16. The number of nitrogens with one attached hydrogen (secondary N) is 1. The van der Waals surface area contributed by atoms with Gasteiger partial charge in [-0.3, -0.25) is 0 Å². The third-order valence-electron chi connectivity index (χ3n) is 3.62. The van der Waals surface area contributed by atoms with Gasteiger partial charge < -0.3 is 10.2 Å². The van der Waals surface area contributed by atoms with Crippen molar-refractivity contribution < 1.29 is 8.42 Å². The Hall–Kier alpha value is -1.11. The predicted octanol–water partition coefficient (Wildman–Crippen LogP) is 1.09. The van der Waals surface area contributed by atoms with Crippen molar-refractivity contribution in [3.05, 3.63) is 24.3 Å². The summed E-state index contributed by atoms with van der Waals surface area (Å²) in [6.07, 6.45) is 2.41. The molecule has 0 bridgehead atoms. The molecule has 1 aliphatic rings. The summed E-state index contributed by atoms with van der Waals surface area (Å²) >= 11 is 0. The summed E-state index contributed by atoms with van der Waals surface area (Å²) in [5, 5.41) is 8.41. The smallest absolute Gasteiger partial charge is 0.238 e. The molecule has 0 spiro atoms. The van der Waals surface area contributed by atoms with E-state index in [0.717, 1.165) is 25.3 Å². The van der Waals surface area contributed by atoms with E-state index in [0.29, 0.717) is 5.92 Å². The second-order valence-electron chi connectivity index (χ2n) is 5.20. The molecule has 19 heavy (non-hydrogen) atoms. The Morgan fingerprint density at radius 2 is 1.84 bits per heavy atom.